The maximum Gasteiger partial charge on any atom is 0.433 e. The first-order valence-corrected chi connectivity index (χ1v) is 9.11. The van der Waals surface area contributed by atoms with Gasteiger partial charge in [0.1, 0.15) is 5.69 Å². The summed E-state index contributed by atoms with van der Waals surface area (Å²) >= 11 is 0. The van der Waals surface area contributed by atoms with Crippen molar-refractivity contribution in [1.29, 1.82) is 0 Å². The number of aliphatic imine (C=N–C) groups is 1. The van der Waals surface area contributed by atoms with E-state index >= 15 is 0 Å². The minimum Gasteiger partial charge on any atom is -0.354 e. The van der Waals surface area contributed by atoms with E-state index in [0.717, 1.165) is 50.9 Å². The molecule has 1 aromatic heterocycles. The van der Waals surface area contributed by atoms with Crippen LogP contribution in [0.5, 0.6) is 0 Å². The maximum absolute atomic E-state index is 12.7. The highest BCUT2D eigenvalue weighted by Crippen LogP contribution is 2.27. The van der Waals surface area contributed by atoms with E-state index < -0.39 is 11.9 Å². The van der Waals surface area contributed by atoms with Crippen LogP contribution in [0.3, 0.4) is 0 Å². The lowest BCUT2D eigenvalue weighted by atomic mass is 10.2. The summed E-state index contributed by atoms with van der Waals surface area (Å²) in [5, 5.41) is 6.03. The molecule has 1 aromatic rings. The Morgan fingerprint density at radius 2 is 1.89 bits per heavy atom. The summed E-state index contributed by atoms with van der Waals surface area (Å²) in [6.45, 7) is 10.2. The molecule has 0 unspecified atom stereocenters. The van der Waals surface area contributed by atoms with Crippen LogP contribution in [-0.4, -0.2) is 78.6 Å². The summed E-state index contributed by atoms with van der Waals surface area (Å²) in [5.74, 6) is 1.41. The third-order valence-corrected chi connectivity index (χ3v) is 4.14. The SMILES string of the molecule is CN=C(NCCNc1nccc(C(F)(F)F)n1)N1CCN(CC(C)C)CC1.I. The molecule has 0 atom stereocenters. The van der Waals surface area contributed by atoms with Crippen LogP contribution in [0.15, 0.2) is 17.3 Å². The van der Waals surface area contributed by atoms with Gasteiger partial charge in [0.15, 0.2) is 5.96 Å². The standard InChI is InChI=1S/C17H28F3N7.HI/c1-13(2)12-26-8-10-27(11-9-26)16(21-3)24-7-6-23-15-22-5-4-14(25-15)17(18,19)20;/h4-5,13H,6-12H2,1-3H3,(H,21,24)(H,22,23,25);1H. The molecule has 0 aliphatic carbocycles. The van der Waals surface area contributed by atoms with Crippen molar-refractivity contribution in [1.82, 2.24) is 25.1 Å². The molecule has 2 N–H and O–H groups in total. The first kappa shape index (κ1) is 24.7. The van der Waals surface area contributed by atoms with Gasteiger partial charge in [0, 0.05) is 59.1 Å². The van der Waals surface area contributed by atoms with Crippen molar-refractivity contribution in [2.45, 2.75) is 20.0 Å². The smallest absolute Gasteiger partial charge is 0.354 e. The number of hydrogen-bond acceptors (Lipinski definition) is 5. The van der Waals surface area contributed by atoms with Crippen LogP contribution in [0, 0.1) is 5.92 Å². The number of nitrogens with one attached hydrogen (secondary N) is 2. The molecule has 1 aliphatic rings. The molecule has 0 radical (unpaired) electrons. The first-order valence-electron chi connectivity index (χ1n) is 9.11. The zero-order chi connectivity index (χ0) is 19.9. The summed E-state index contributed by atoms with van der Waals surface area (Å²) in [4.78, 5) is 16.2. The molecule has 0 spiro atoms. The number of alkyl halides is 3. The van der Waals surface area contributed by atoms with E-state index in [1.165, 1.54) is 0 Å². The molecular weight excluding hydrogens is 486 g/mol. The van der Waals surface area contributed by atoms with Crippen molar-refractivity contribution in [2.24, 2.45) is 10.9 Å². The Morgan fingerprint density at radius 1 is 1.21 bits per heavy atom. The zero-order valence-electron chi connectivity index (χ0n) is 16.5. The van der Waals surface area contributed by atoms with Gasteiger partial charge in [-0.05, 0) is 12.0 Å². The molecule has 11 heteroatoms. The van der Waals surface area contributed by atoms with Crippen molar-refractivity contribution in [3.8, 4) is 0 Å². The summed E-state index contributed by atoms with van der Waals surface area (Å²) in [5.41, 5.74) is -0.956. The van der Waals surface area contributed by atoms with Crippen LogP contribution in [0.1, 0.15) is 19.5 Å². The van der Waals surface area contributed by atoms with E-state index in [1.807, 2.05) is 0 Å². The topological polar surface area (TPSA) is 68.7 Å². The molecule has 28 heavy (non-hydrogen) atoms. The lowest BCUT2D eigenvalue weighted by Gasteiger charge is -2.37. The monoisotopic (exact) mass is 515 g/mol. The second-order valence-corrected chi connectivity index (χ2v) is 6.85. The van der Waals surface area contributed by atoms with Gasteiger partial charge in [-0.1, -0.05) is 13.8 Å². The molecule has 2 heterocycles. The summed E-state index contributed by atoms with van der Waals surface area (Å²) < 4.78 is 38.0. The predicted octanol–water partition coefficient (Wildman–Crippen LogP) is 2.37. The van der Waals surface area contributed by atoms with Crippen molar-refractivity contribution < 1.29 is 13.2 Å². The Morgan fingerprint density at radius 3 is 2.46 bits per heavy atom. The number of hydrogen-bond donors (Lipinski definition) is 2. The van der Waals surface area contributed by atoms with Crippen LogP contribution in [0.4, 0.5) is 19.1 Å². The van der Waals surface area contributed by atoms with E-state index in [2.05, 4.69) is 49.2 Å². The second-order valence-electron chi connectivity index (χ2n) is 6.85. The van der Waals surface area contributed by atoms with Gasteiger partial charge in [0.2, 0.25) is 5.95 Å². The van der Waals surface area contributed by atoms with Crippen molar-refractivity contribution in [2.75, 3.05) is 58.2 Å². The molecule has 0 amide bonds. The fourth-order valence-electron chi connectivity index (χ4n) is 2.94. The van der Waals surface area contributed by atoms with Gasteiger partial charge >= 0.3 is 6.18 Å². The highest BCUT2D eigenvalue weighted by atomic mass is 127. The van der Waals surface area contributed by atoms with Gasteiger partial charge in [-0.25, -0.2) is 9.97 Å². The summed E-state index contributed by atoms with van der Waals surface area (Å²) in [6, 6.07) is 0.851. The fourth-order valence-corrected chi connectivity index (χ4v) is 2.94. The highest BCUT2D eigenvalue weighted by molar-refractivity contribution is 14.0. The van der Waals surface area contributed by atoms with Gasteiger partial charge in [-0.2, -0.15) is 13.2 Å². The molecule has 7 nitrogen and oxygen atoms in total. The average molecular weight is 515 g/mol. The van der Waals surface area contributed by atoms with Gasteiger partial charge < -0.3 is 15.5 Å². The van der Waals surface area contributed by atoms with Crippen molar-refractivity contribution in [3.05, 3.63) is 18.0 Å². The van der Waals surface area contributed by atoms with E-state index in [1.54, 1.807) is 7.05 Å². The number of aromatic nitrogens is 2. The van der Waals surface area contributed by atoms with Crippen molar-refractivity contribution >= 4 is 35.9 Å². The van der Waals surface area contributed by atoms with Crippen LogP contribution in [0.25, 0.3) is 0 Å². The second kappa shape index (κ2) is 11.6. The molecule has 2 rings (SSSR count). The highest BCUT2D eigenvalue weighted by Gasteiger charge is 2.32. The number of halogens is 4. The Bertz CT molecular complexity index is 617. The Balaban J connectivity index is 0.00000392. The molecule has 1 aliphatic heterocycles. The Kier molecular flexibility index (Phi) is 10.2. The van der Waals surface area contributed by atoms with E-state index in [4.69, 9.17) is 0 Å². The van der Waals surface area contributed by atoms with Gasteiger partial charge in [-0.15, -0.1) is 24.0 Å². The van der Waals surface area contributed by atoms with Gasteiger partial charge in [0.05, 0.1) is 0 Å². The first-order chi connectivity index (χ1) is 12.8. The number of anilines is 1. The Labute approximate surface area is 181 Å². The average Bonchev–Trinajstić information content (AvgIpc) is 2.62. The number of rotatable bonds is 6. The minimum absolute atomic E-state index is 0. The number of guanidine groups is 1. The van der Waals surface area contributed by atoms with E-state index in [-0.39, 0.29) is 29.9 Å². The van der Waals surface area contributed by atoms with Crippen LogP contribution >= 0.6 is 24.0 Å². The van der Waals surface area contributed by atoms with Crippen LogP contribution < -0.4 is 10.6 Å². The molecule has 1 saturated heterocycles. The van der Waals surface area contributed by atoms with Crippen LogP contribution in [0.2, 0.25) is 0 Å². The molecule has 0 bridgehead atoms. The molecule has 1 fully saturated rings. The largest absolute Gasteiger partial charge is 0.433 e. The van der Waals surface area contributed by atoms with Gasteiger partial charge in [-0.3, -0.25) is 9.89 Å². The number of nitrogens with zero attached hydrogens (tertiary/aromatic N) is 5. The van der Waals surface area contributed by atoms with Crippen LogP contribution in [-0.2, 0) is 6.18 Å². The normalized spacial score (nSPS) is 16.1. The van der Waals surface area contributed by atoms with E-state index in [0.29, 0.717) is 19.0 Å². The molecule has 0 aromatic carbocycles. The Hall–Kier alpha value is -1.37. The minimum atomic E-state index is -4.47. The number of piperazine rings is 1. The van der Waals surface area contributed by atoms with E-state index in [9.17, 15) is 13.2 Å². The molecule has 0 saturated carbocycles. The lowest BCUT2D eigenvalue weighted by molar-refractivity contribution is -0.141. The molecule has 160 valence electrons. The molecular formula is C17H29F3IN7. The zero-order valence-corrected chi connectivity index (χ0v) is 18.8. The quantitative estimate of drug-likeness (QED) is 0.263. The summed E-state index contributed by atoms with van der Waals surface area (Å²) in [7, 11) is 1.73. The predicted molar refractivity (Wildman–Crippen MR) is 115 cm³/mol. The maximum atomic E-state index is 12.7. The summed E-state index contributed by atoms with van der Waals surface area (Å²) in [6.07, 6.45) is -3.38. The van der Waals surface area contributed by atoms with Crippen molar-refractivity contribution in [3.63, 3.8) is 0 Å². The fraction of sp³-hybridized carbons (Fsp3) is 0.706. The third-order valence-electron chi connectivity index (χ3n) is 4.14. The van der Waals surface area contributed by atoms with Gasteiger partial charge in [0.25, 0.3) is 0 Å². The lowest BCUT2D eigenvalue weighted by Crippen LogP contribution is -2.53. The third kappa shape index (κ3) is 7.94.